The van der Waals surface area contributed by atoms with Gasteiger partial charge in [-0.1, -0.05) is 72.8 Å². The second kappa shape index (κ2) is 11.9. The van der Waals surface area contributed by atoms with E-state index >= 15 is 0 Å². The normalized spacial score (nSPS) is 15.7. The number of aliphatic imine (C=N–C) groups is 1. The van der Waals surface area contributed by atoms with Crippen LogP contribution in [-0.4, -0.2) is 35.7 Å². The van der Waals surface area contributed by atoms with Gasteiger partial charge < -0.3 is 9.47 Å². The van der Waals surface area contributed by atoms with E-state index in [9.17, 15) is 4.79 Å². The van der Waals surface area contributed by atoms with Gasteiger partial charge in [-0.2, -0.15) is 0 Å². The number of amides is 1. The summed E-state index contributed by atoms with van der Waals surface area (Å²) in [4.78, 5) is 20.4. The zero-order chi connectivity index (χ0) is 25.5. The molecular formula is C31H28N2O3S. The van der Waals surface area contributed by atoms with Crippen LogP contribution < -0.4 is 4.74 Å². The van der Waals surface area contributed by atoms with Crippen molar-refractivity contribution in [3.8, 4) is 5.75 Å². The summed E-state index contributed by atoms with van der Waals surface area (Å²) in [7, 11) is 0. The molecule has 0 aromatic heterocycles. The third-order valence-corrected chi connectivity index (χ3v) is 6.95. The highest BCUT2D eigenvalue weighted by molar-refractivity contribution is 8.18. The zero-order valence-electron chi connectivity index (χ0n) is 20.7. The van der Waals surface area contributed by atoms with Crippen LogP contribution in [0, 0.1) is 0 Å². The monoisotopic (exact) mass is 508 g/mol. The predicted octanol–water partition coefficient (Wildman–Crippen LogP) is 7.06. The summed E-state index contributed by atoms with van der Waals surface area (Å²) >= 11 is 1.38. The lowest BCUT2D eigenvalue weighted by Crippen LogP contribution is -2.32. The molecule has 0 aliphatic carbocycles. The van der Waals surface area contributed by atoms with Gasteiger partial charge in [-0.15, -0.1) is 0 Å². The quantitative estimate of drug-likeness (QED) is 0.179. The second-order valence-corrected chi connectivity index (χ2v) is 9.51. The number of rotatable bonds is 9. The number of hydrogen-bond donors (Lipinski definition) is 0. The molecule has 0 spiro atoms. The average Bonchev–Trinajstić information content (AvgIpc) is 3.22. The Balaban J connectivity index is 1.38. The Labute approximate surface area is 221 Å². The minimum Gasteiger partial charge on any atom is -0.488 e. The van der Waals surface area contributed by atoms with E-state index in [1.807, 2.05) is 79.7 Å². The molecule has 5 nitrogen and oxygen atoms in total. The summed E-state index contributed by atoms with van der Waals surface area (Å²) in [6.07, 6.45) is 1.89. The maximum atomic E-state index is 13.4. The molecule has 1 amide bonds. The van der Waals surface area contributed by atoms with Gasteiger partial charge in [0.2, 0.25) is 0 Å². The fraction of sp³-hybridized carbons (Fsp3) is 0.161. The zero-order valence-corrected chi connectivity index (χ0v) is 21.5. The SMILES string of the molecule is CCOCCN1C(=O)/C(=C/c2ccccc2OCc2ccc3ccccc3c2)SC1=Nc1ccccc1. The van der Waals surface area contributed by atoms with Gasteiger partial charge in [0.1, 0.15) is 12.4 Å². The van der Waals surface area contributed by atoms with Crippen LogP contribution in [0.4, 0.5) is 5.69 Å². The molecule has 4 aromatic carbocycles. The highest BCUT2D eigenvalue weighted by Gasteiger charge is 2.33. The molecule has 1 aliphatic rings. The van der Waals surface area contributed by atoms with Crippen LogP contribution in [-0.2, 0) is 16.1 Å². The van der Waals surface area contributed by atoms with E-state index < -0.39 is 0 Å². The molecule has 186 valence electrons. The molecule has 4 aromatic rings. The number of nitrogens with zero attached hydrogens (tertiary/aromatic N) is 2. The third kappa shape index (κ3) is 6.10. The fourth-order valence-corrected chi connectivity index (χ4v) is 5.08. The van der Waals surface area contributed by atoms with Crippen LogP contribution in [0.1, 0.15) is 18.1 Å². The lowest BCUT2D eigenvalue weighted by atomic mass is 10.1. The van der Waals surface area contributed by atoms with Crippen molar-refractivity contribution in [3.63, 3.8) is 0 Å². The van der Waals surface area contributed by atoms with Crippen LogP contribution in [0.25, 0.3) is 16.8 Å². The van der Waals surface area contributed by atoms with Gasteiger partial charge in [-0.25, -0.2) is 4.99 Å². The number of thioether (sulfide) groups is 1. The first kappa shape index (κ1) is 24.8. The highest BCUT2D eigenvalue weighted by atomic mass is 32.2. The first-order valence-corrected chi connectivity index (χ1v) is 13.2. The van der Waals surface area contributed by atoms with Crippen LogP contribution in [0.5, 0.6) is 5.75 Å². The molecule has 0 saturated carbocycles. The summed E-state index contributed by atoms with van der Waals surface area (Å²) in [6.45, 7) is 3.89. The van der Waals surface area contributed by atoms with Crippen molar-refractivity contribution < 1.29 is 14.3 Å². The van der Waals surface area contributed by atoms with Gasteiger partial charge in [-0.05, 0) is 65.4 Å². The second-order valence-electron chi connectivity index (χ2n) is 8.50. The first-order valence-electron chi connectivity index (χ1n) is 12.3. The van der Waals surface area contributed by atoms with Crippen molar-refractivity contribution in [2.45, 2.75) is 13.5 Å². The minimum absolute atomic E-state index is 0.0799. The van der Waals surface area contributed by atoms with Crippen molar-refractivity contribution in [1.82, 2.24) is 4.90 Å². The Kier molecular flexibility index (Phi) is 7.99. The number of fused-ring (bicyclic) bond motifs is 1. The van der Waals surface area contributed by atoms with Gasteiger partial charge in [0.15, 0.2) is 5.17 Å². The highest BCUT2D eigenvalue weighted by Crippen LogP contribution is 2.35. The van der Waals surface area contributed by atoms with Crippen LogP contribution >= 0.6 is 11.8 Å². The third-order valence-electron chi connectivity index (χ3n) is 5.95. The van der Waals surface area contributed by atoms with E-state index in [-0.39, 0.29) is 5.91 Å². The maximum absolute atomic E-state index is 13.4. The van der Waals surface area contributed by atoms with Crippen molar-refractivity contribution in [3.05, 3.63) is 113 Å². The number of amidine groups is 1. The summed E-state index contributed by atoms with van der Waals surface area (Å²) in [5.74, 6) is 0.648. The molecular weight excluding hydrogens is 480 g/mol. The molecule has 0 radical (unpaired) electrons. The van der Waals surface area contributed by atoms with Gasteiger partial charge in [0.05, 0.1) is 23.7 Å². The molecule has 1 fully saturated rings. The van der Waals surface area contributed by atoms with E-state index in [1.54, 1.807) is 4.90 Å². The smallest absolute Gasteiger partial charge is 0.266 e. The minimum atomic E-state index is -0.0799. The Morgan fingerprint density at radius 3 is 2.49 bits per heavy atom. The summed E-state index contributed by atoms with van der Waals surface area (Å²) in [6, 6.07) is 32.1. The first-order chi connectivity index (χ1) is 18.2. The number of benzene rings is 4. The summed E-state index contributed by atoms with van der Waals surface area (Å²) in [5, 5.41) is 3.04. The van der Waals surface area contributed by atoms with E-state index in [0.29, 0.717) is 36.4 Å². The summed E-state index contributed by atoms with van der Waals surface area (Å²) < 4.78 is 11.7. The lowest BCUT2D eigenvalue weighted by molar-refractivity contribution is -0.122. The Morgan fingerprint density at radius 1 is 0.892 bits per heavy atom. The standard InChI is InChI=1S/C31H28N2O3S/c1-2-35-19-18-33-30(34)29(37-31(33)32-27-13-4-3-5-14-27)21-26-12-8-9-15-28(26)36-22-23-16-17-24-10-6-7-11-25(24)20-23/h3-17,20-21H,2,18-19,22H2,1H3/b29-21-,32-31?. The molecule has 0 bridgehead atoms. The molecule has 6 heteroatoms. The molecule has 1 aliphatic heterocycles. The number of hydrogen-bond acceptors (Lipinski definition) is 5. The predicted molar refractivity (Wildman–Crippen MR) is 152 cm³/mol. The molecule has 1 saturated heterocycles. The van der Waals surface area contributed by atoms with Crippen LogP contribution in [0.2, 0.25) is 0 Å². The maximum Gasteiger partial charge on any atom is 0.266 e. The fourth-order valence-electron chi connectivity index (χ4n) is 4.06. The van der Waals surface area contributed by atoms with Gasteiger partial charge in [0, 0.05) is 12.2 Å². The van der Waals surface area contributed by atoms with Gasteiger partial charge in [-0.3, -0.25) is 9.69 Å². The van der Waals surface area contributed by atoms with E-state index in [0.717, 1.165) is 22.6 Å². The molecule has 0 atom stereocenters. The van der Waals surface area contributed by atoms with Crippen molar-refractivity contribution in [1.29, 1.82) is 0 Å². The van der Waals surface area contributed by atoms with Crippen molar-refractivity contribution in [2.24, 2.45) is 4.99 Å². The van der Waals surface area contributed by atoms with Gasteiger partial charge >= 0.3 is 0 Å². The molecule has 5 rings (SSSR count). The molecule has 37 heavy (non-hydrogen) atoms. The van der Waals surface area contributed by atoms with E-state index in [2.05, 4.69) is 30.3 Å². The molecule has 0 N–H and O–H groups in total. The Morgan fingerprint density at radius 2 is 1.65 bits per heavy atom. The van der Waals surface area contributed by atoms with E-state index in [4.69, 9.17) is 14.5 Å². The number of carbonyl (C=O) groups is 1. The van der Waals surface area contributed by atoms with Crippen molar-refractivity contribution in [2.75, 3.05) is 19.8 Å². The van der Waals surface area contributed by atoms with Crippen LogP contribution in [0.15, 0.2) is 107 Å². The Hall–Kier alpha value is -3.87. The lowest BCUT2D eigenvalue weighted by Gasteiger charge is -2.15. The number of para-hydroxylation sites is 2. The number of ether oxygens (including phenoxy) is 2. The molecule has 1 heterocycles. The van der Waals surface area contributed by atoms with Crippen LogP contribution in [0.3, 0.4) is 0 Å². The average molecular weight is 509 g/mol. The Bertz CT molecular complexity index is 1450. The topological polar surface area (TPSA) is 51.1 Å². The van der Waals surface area contributed by atoms with Crippen molar-refractivity contribution >= 4 is 45.4 Å². The molecule has 0 unspecified atom stereocenters. The largest absolute Gasteiger partial charge is 0.488 e. The summed E-state index contributed by atoms with van der Waals surface area (Å²) in [5.41, 5.74) is 2.75. The number of carbonyl (C=O) groups excluding carboxylic acids is 1. The van der Waals surface area contributed by atoms with E-state index in [1.165, 1.54) is 22.5 Å². The van der Waals surface area contributed by atoms with Gasteiger partial charge in [0.25, 0.3) is 5.91 Å².